The van der Waals surface area contributed by atoms with E-state index in [-0.39, 0.29) is 24.5 Å². The fraction of sp³-hybridized carbons (Fsp3) is 0.450. The minimum atomic E-state index is -2.73. The van der Waals surface area contributed by atoms with E-state index in [1.165, 1.54) is 12.1 Å². The van der Waals surface area contributed by atoms with E-state index in [1.54, 1.807) is 19.1 Å². The smallest absolute Gasteiger partial charge is 0.395 e. The molecule has 2 aromatic rings. The van der Waals surface area contributed by atoms with Gasteiger partial charge in [0.1, 0.15) is 18.8 Å². The van der Waals surface area contributed by atoms with Crippen LogP contribution in [0.5, 0.6) is 11.5 Å². The summed E-state index contributed by atoms with van der Waals surface area (Å²) in [5.74, 6) is -1.20. The zero-order valence-corrected chi connectivity index (χ0v) is 19.1. The molecule has 1 saturated heterocycles. The lowest BCUT2D eigenvalue weighted by atomic mass is 9.98. The van der Waals surface area contributed by atoms with Gasteiger partial charge >= 0.3 is 19.8 Å². The number of aromatic nitrogens is 2. The number of rotatable bonds is 9. The molecule has 1 aromatic carbocycles. The molecule has 0 radical (unpaired) electrons. The Morgan fingerprint density at radius 3 is 2.68 bits per heavy atom. The van der Waals surface area contributed by atoms with Gasteiger partial charge in [-0.2, -0.15) is 0 Å². The maximum absolute atomic E-state index is 15.3. The highest BCUT2D eigenvalue weighted by Gasteiger charge is 2.55. The number of hydrogen-bond donors (Lipinski definition) is 3. The van der Waals surface area contributed by atoms with Gasteiger partial charge in [-0.1, -0.05) is 23.8 Å². The van der Waals surface area contributed by atoms with Gasteiger partial charge in [0.25, 0.3) is 5.56 Å². The van der Waals surface area contributed by atoms with Crippen LogP contribution < -0.4 is 25.4 Å². The lowest BCUT2D eigenvalue weighted by molar-refractivity contribution is -0.169. The predicted octanol–water partition coefficient (Wildman–Crippen LogP) is 0.700. The molecule has 0 spiro atoms. The van der Waals surface area contributed by atoms with Crippen LogP contribution in [0.4, 0.5) is 4.39 Å². The van der Waals surface area contributed by atoms with Crippen molar-refractivity contribution in [3.63, 3.8) is 0 Å². The molecule has 2 heterocycles. The van der Waals surface area contributed by atoms with E-state index >= 15 is 4.39 Å². The van der Waals surface area contributed by atoms with Crippen molar-refractivity contribution < 1.29 is 38.3 Å². The predicted molar refractivity (Wildman–Crippen MR) is 114 cm³/mol. The van der Waals surface area contributed by atoms with Gasteiger partial charge in [-0.05, 0) is 25.5 Å². The molecule has 0 amide bonds. The van der Waals surface area contributed by atoms with Crippen LogP contribution in [0.3, 0.4) is 0 Å². The monoisotopic (exact) mass is 499 g/mol. The van der Waals surface area contributed by atoms with Gasteiger partial charge in [0, 0.05) is 12.3 Å². The standard InChI is InChI=1S/C20H23FN3O9P/c1-3-11(17(27)28)23-34(30)33-13-7-5-4-6-12(13)31-10-14-16(26)20(2,21)18(32-14)24-9-8-15(25)22-19(24)29/h4-9,11,14,16,18,26H,3,10H2,1-2H3,(H,27,28)(H,22,25,29)/t11-,14+,16+,18+,20+/m0/s1. The van der Waals surface area contributed by atoms with Crippen LogP contribution in [-0.2, 0) is 9.53 Å². The van der Waals surface area contributed by atoms with Gasteiger partial charge in [0.15, 0.2) is 23.7 Å². The minimum Gasteiger partial charge on any atom is -0.575 e. The minimum absolute atomic E-state index is 0.0171. The van der Waals surface area contributed by atoms with Crippen LogP contribution >= 0.6 is 8.17 Å². The van der Waals surface area contributed by atoms with E-state index in [1.807, 2.05) is 4.98 Å². The summed E-state index contributed by atoms with van der Waals surface area (Å²) in [5.41, 5.74) is -3.98. The number of H-pyrrole nitrogens is 1. The summed E-state index contributed by atoms with van der Waals surface area (Å²) in [4.78, 5) is 48.6. The van der Waals surface area contributed by atoms with Crippen molar-refractivity contribution in [3.05, 3.63) is 57.4 Å². The van der Waals surface area contributed by atoms with Gasteiger partial charge in [-0.25, -0.2) is 14.0 Å². The number of alkyl halides is 1. The number of aliphatic carboxylic acids is 1. The number of aromatic amines is 1. The lowest BCUT2D eigenvalue weighted by Crippen LogP contribution is -2.43. The third kappa shape index (κ3) is 5.50. The highest BCUT2D eigenvalue weighted by molar-refractivity contribution is 7.34. The van der Waals surface area contributed by atoms with Gasteiger partial charge in [-0.15, -0.1) is 0 Å². The number of para-hydroxylation sites is 2. The van der Waals surface area contributed by atoms with Crippen LogP contribution in [0.2, 0.25) is 0 Å². The largest absolute Gasteiger partial charge is 0.575 e. The number of nitrogens with one attached hydrogen (secondary N) is 1. The first-order valence-corrected chi connectivity index (χ1v) is 11.3. The van der Waals surface area contributed by atoms with Crippen molar-refractivity contribution in [1.29, 1.82) is 0 Å². The quantitative estimate of drug-likeness (QED) is 0.419. The number of carboxylic acid groups (broad SMARTS) is 1. The normalized spacial score (nSPS) is 25.7. The van der Waals surface area contributed by atoms with Crippen LogP contribution in [0.1, 0.15) is 26.5 Å². The Bertz CT molecular complexity index is 1180. The lowest BCUT2D eigenvalue weighted by Gasteiger charge is -2.24. The van der Waals surface area contributed by atoms with E-state index in [4.69, 9.17) is 19.1 Å². The number of benzene rings is 1. The van der Waals surface area contributed by atoms with E-state index in [0.29, 0.717) is 0 Å². The number of nitrogens with zero attached hydrogens (tertiary/aromatic N) is 2. The Labute approximate surface area is 193 Å². The molecule has 6 atom stereocenters. The second kappa shape index (κ2) is 10.4. The third-order valence-corrected chi connectivity index (χ3v) is 5.98. The first-order valence-electron chi connectivity index (χ1n) is 10.2. The first kappa shape index (κ1) is 25.5. The molecule has 1 aliphatic heterocycles. The summed E-state index contributed by atoms with van der Waals surface area (Å²) in [6.07, 6.45) is -3.28. The second-order valence-corrected chi connectivity index (χ2v) is 8.49. The number of aliphatic hydroxyl groups excluding tert-OH is 1. The molecule has 0 bridgehead atoms. The Morgan fingerprint density at radius 2 is 2.06 bits per heavy atom. The Balaban J connectivity index is 1.75. The molecule has 12 nitrogen and oxygen atoms in total. The fourth-order valence-corrected chi connectivity index (χ4v) is 4.16. The van der Waals surface area contributed by atoms with Crippen molar-refractivity contribution in [2.24, 2.45) is 4.74 Å². The Morgan fingerprint density at radius 1 is 1.38 bits per heavy atom. The molecule has 3 N–H and O–H groups in total. The zero-order chi connectivity index (χ0) is 25.0. The Kier molecular flexibility index (Phi) is 7.82. The molecule has 1 aromatic heterocycles. The van der Waals surface area contributed by atoms with Crippen molar-refractivity contribution >= 4 is 14.1 Å². The molecule has 1 aliphatic rings. The van der Waals surface area contributed by atoms with Gasteiger partial charge < -0.3 is 24.6 Å². The molecular formula is C20H23FN3O9P. The number of hydrogen-bond acceptors (Lipinski definition) is 9. The average Bonchev–Trinajstić information content (AvgIpc) is 3.00. The summed E-state index contributed by atoms with van der Waals surface area (Å²) in [7, 11) is -2.73. The van der Waals surface area contributed by atoms with Crippen LogP contribution in [0.15, 0.2) is 50.9 Å². The van der Waals surface area contributed by atoms with Crippen molar-refractivity contribution in [2.75, 3.05) is 6.61 Å². The van der Waals surface area contributed by atoms with Crippen LogP contribution in [-0.4, -0.2) is 56.3 Å². The summed E-state index contributed by atoms with van der Waals surface area (Å²) >= 11 is 0. The summed E-state index contributed by atoms with van der Waals surface area (Å²) < 4.78 is 36.1. The highest BCUT2D eigenvalue weighted by atomic mass is 31.1. The SMILES string of the molecule is CC[C@H](N=[P+]([O-])Oc1ccccc1OC[C@H]1O[C@@H](n2ccc(=O)[nH]c2=O)[C@](C)(F)[C@@H]1O)C(=O)O. The molecule has 34 heavy (non-hydrogen) atoms. The van der Waals surface area contributed by atoms with Gasteiger partial charge in [0.2, 0.25) is 5.75 Å². The van der Waals surface area contributed by atoms with Gasteiger partial charge in [0.05, 0.1) is 0 Å². The molecule has 184 valence electrons. The fourth-order valence-electron chi connectivity index (χ4n) is 3.31. The van der Waals surface area contributed by atoms with Crippen LogP contribution in [0.25, 0.3) is 0 Å². The molecule has 3 rings (SSSR count). The zero-order valence-electron chi connectivity index (χ0n) is 18.2. The molecule has 0 aliphatic carbocycles. The molecule has 0 saturated carbocycles. The number of carbonyl (C=O) groups is 1. The summed E-state index contributed by atoms with van der Waals surface area (Å²) in [6, 6.07) is 5.81. The second-order valence-electron chi connectivity index (χ2n) is 7.60. The van der Waals surface area contributed by atoms with Crippen molar-refractivity contribution in [1.82, 2.24) is 9.55 Å². The number of aliphatic hydroxyl groups is 1. The number of carboxylic acids is 1. The van der Waals surface area contributed by atoms with Gasteiger partial charge in [-0.3, -0.25) is 18.9 Å². The van der Waals surface area contributed by atoms with E-state index in [2.05, 4.69) is 4.74 Å². The summed E-state index contributed by atoms with van der Waals surface area (Å²) in [5, 5.41) is 19.5. The third-order valence-electron chi connectivity index (χ3n) is 5.15. The van der Waals surface area contributed by atoms with Crippen LogP contribution in [0, 0.1) is 0 Å². The maximum atomic E-state index is 15.3. The molecule has 1 unspecified atom stereocenters. The topological polar surface area (TPSA) is 175 Å². The Hall–Kier alpha value is -3.12. The maximum Gasteiger partial charge on any atom is 0.395 e. The number of ether oxygens (including phenoxy) is 2. The average molecular weight is 499 g/mol. The van der Waals surface area contributed by atoms with E-state index in [9.17, 15) is 24.4 Å². The number of halogens is 1. The van der Waals surface area contributed by atoms with Crippen molar-refractivity contribution in [2.45, 2.75) is 50.4 Å². The first-order chi connectivity index (χ1) is 16.0. The van der Waals surface area contributed by atoms with Crippen molar-refractivity contribution in [3.8, 4) is 11.5 Å². The highest BCUT2D eigenvalue weighted by Crippen LogP contribution is 2.41. The molecule has 1 fully saturated rings. The van der Waals surface area contributed by atoms with E-state index in [0.717, 1.165) is 23.8 Å². The van der Waals surface area contributed by atoms with E-state index < -0.39 is 55.5 Å². The molecule has 14 heteroatoms. The molecular weight excluding hydrogens is 476 g/mol. The summed E-state index contributed by atoms with van der Waals surface area (Å²) in [6.45, 7) is 2.24.